The molecule has 2 aromatic carbocycles. The van der Waals surface area contributed by atoms with E-state index in [0.717, 1.165) is 24.1 Å². The van der Waals surface area contributed by atoms with Crippen LogP contribution >= 0.6 is 0 Å². The first-order valence-corrected chi connectivity index (χ1v) is 8.76. The van der Waals surface area contributed by atoms with Gasteiger partial charge in [0.2, 0.25) is 0 Å². The molecule has 3 aromatic rings. The third kappa shape index (κ3) is 2.76. The summed E-state index contributed by atoms with van der Waals surface area (Å²) >= 11 is 0. The third-order valence-electron chi connectivity index (χ3n) is 5.14. The van der Waals surface area contributed by atoms with Gasteiger partial charge >= 0.3 is 0 Å². The van der Waals surface area contributed by atoms with Crippen molar-refractivity contribution >= 4 is 22.4 Å². The summed E-state index contributed by atoms with van der Waals surface area (Å²) in [6, 6.07) is 14.2. The minimum atomic E-state index is 0.128. The second kappa shape index (κ2) is 6.25. The maximum Gasteiger partial charge on any atom is 0.254 e. The molecule has 0 radical (unpaired) electrons. The van der Waals surface area contributed by atoms with Crippen LogP contribution in [0.2, 0.25) is 0 Å². The third-order valence-corrected chi connectivity index (χ3v) is 5.14. The van der Waals surface area contributed by atoms with E-state index in [9.17, 15) is 4.79 Å². The highest BCUT2D eigenvalue weighted by atomic mass is 16.2. The van der Waals surface area contributed by atoms with Gasteiger partial charge in [0.25, 0.3) is 5.91 Å². The normalized spacial score (nSPS) is 14.6. The van der Waals surface area contributed by atoms with Crippen LogP contribution in [0.1, 0.15) is 33.5 Å². The van der Waals surface area contributed by atoms with Crippen molar-refractivity contribution < 1.29 is 4.79 Å². The lowest BCUT2D eigenvalue weighted by Crippen LogP contribution is -2.35. The number of para-hydroxylation sites is 1. The Hall–Kier alpha value is -2.81. The quantitative estimate of drug-likeness (QED) is 0.725. The fraction of sp³-hybridized carbons (Fsp3) is 0.227. The molecule has 25 heavy (non-hydrogen) atoms. The fourth-order valence-corrected chi connectivity index (χ4v) is 3.65. The number of aryl methyl sites for hydroxylation is 2. The summed E-state index contributed by atoms with van der Waals surface area (Å²) in [6.45, 7) is 5.55. The number of nitrogens with one attached hydrogen (secondary N) is 1. The van der Waals surface area contributed by atoms with Crippen LogP contribution in [0.25, 0.3) is 16.5 Å². The Bertz CT molecular complexity index is 981. The topological polar surface area (TPSA) is 36.1 Å². The molecule has 1 aliphatic rings. The van der Waals surface area contributed by atoms with E-state index in [2.05, 4.69) is 42.4 Å². The molecule has 0 saturated carbocycles. The summed E-state index contributed by atoms with van der Waals surface area (Å²) < 4.78 is 0. The largest absolute Gasteiger partial charge is 0.360 e. The van der Waals surface area contributed by atoms with Crippen LogP contribution in [-0.4, -0.2) is 28.9 Å². The number of fused-ring (bicyclic) bond motifs is 1. The molecule has 126 valence electrons. The van der Waals surface area contributed by atoms with Gasteiger partial charge in [-0.2, -0.15) is 0 Å². The second-order valence-corrected chi connectivity index (χ2v) is 6.75. The number of aromatic nitrogens is 1. The molecule has 3 nitrogen and oxygen atoms in total. The van der Waals surface area contributed by atoms with E-state index < -0.39 is 0 Å². The number of H-pyrrole nitrogens is 1. The van der Waals surface area contributed by atoms with Gasteiger partial charge in [-0.15, -0.1) is 0 Å². The molecule has 1 N–H and O–H groups in total. The number of hydrogen-bond acceptors (Lipinski definition) is 1. The van der Waals surface area contributed by atoms with Gasteiger partial charge in [-0.1, -0.05) is 42.5 Å². The number of hydrogen-bond donors (Lipinski definition) is 1. The van der Waals surface area contributed by atoms with Crippen LogP contribution in [0, 0.1) is 13.8 Å². The van der Waals surface area contributed by atoms with Gasteiger partial charge in [0.1, 0.15) is 0 Å². The van der Waals surface area contributed by atoms with Crippen molar-refractivity contribution in [1.29, 1.82) is 0 Å². The lowest BCUT2D eigenvalue weighted by molar-refractivity contribution is 0.0772. The van der Waals surface area contributed by atoms with E-state index in [0.29, 0.717) is 6.54 Å². The molecule has 2 heterocycles. The number of carbonyl (C=O) groups excluding carboxylic acids is 1. The Morgan fingerprint density at radius 1 is 1.04 bits per heavy atom. The van der Waals surface area contributed by atoms with E-state index in [1.807, 2.05) is 36.1 Å². The summed E-state index contributed by atoms with van der Waals surface area (Å²) in [5.74, 6) is 0.128. The van der Waals surface area contributed by atoms with Crippen molar-refractivity contribution in [3.8, 4) is 0 Å². The summed E-state index contributed by atoms with van der Waals surface area (Å²) in [4.78, 5) is 18.1. The first-order valence-electron chi connectivity index (χ1n) is 8.76. The van der Waals surface area contributed by atoms with Crippen molar-refractivity contribution in [3.05, 3.63) is 77.0 Å². The molecule has 0 atom stereocenters. The summed E-state index contributed by atoms with van der Waals surface area (Å²) in [6.07, 6.45) is 5.19. The molecule has 0 saturated heterocycles. The van der Waals surface area contributed by atoms with E-state index in [-0.39, 0.29) is 5.91 Å². The fourth-order valence-electron chi connectivity index (χ4n) is 3.65. The maximum absolute atomic E-state index is 12.8. The van der Waals surface area contributed by atoms with Crippen molar-refractivity contribution in [1.82, 2.24) is 9.88 Å². The lowest BCUT2D eigenvalue weighted by Gasteiger charge is -2.27. The molecule has 0 bridgehead atoms. The van der Waals surface area contributed by atoms with E-state index >= 15 is 0 Å². The molecule has 0 aliphatic carbocycles. The number of aromatic amines is 1. The molecule has 1 aliphatic heterocycles. The number of benzene rings is 2. The van der Waals surface area contributed by atoms with Crippen LogP contribution in [-0.2, 0) is 0 Å². The highest BCUT2D eigenvalue weighted by molar-refractivity contribution is 5.97. The zero-order chi connectivity index (χ0) is 17.4. The highest BCUT2D eigenvalue weighted by Crippen LogP contribution is 2.30. The minimum absolute atomic E-state index is 0.128. The summed E-state index contributed by atoms with van der Waals surface area (Å²) in [5.41, 5.74) is 6.90. The van der Waals surface area contributed by atoms with E-state index in [1.165, 1.54) is 27.6 Å². The van der Waals surface area contributed by atoms with Crippen molar-refractivity contribution in [2.75, 3.05) is 13.1 Å². The first-order chi connectivity index (χ1) is 12.1. The zero-order valence-corrected chi connectivity index (χ0v) is 14.7. The Balaban J connectivity index is 1.59. The highest BCUT2D eigenvalue weighted by Gasteiger charge is 2.21. The molecular formula is C22H22N2O. The molecule has 1 amide bonds. The number of carbonyl (C=O) groups is 1. The van der Waals surface area contributed by atoms with Crippen LogP contribution in [0.5, 0.6) is 0 Å². The molecule has 4 rings (SSSR count). The van der Waals surface area contributed by atoms with E-state index in [4.69, 9.17) is 0 Å². The lowest BCUT2D eigenvalue weighted by atomic mass is 9.97. The van der Waals surface area contributed by atoms with Gasteiger partial charge in [0.05, 0.1) is 0 Å². The molecule has 0 spiro atoms. The van der Waals surface area contributed by atoms with Gasteiger partial charge in [-0.05, 0) is 43.0 Å². The summed E-state index contributed by atoms with van der Waals surface area (Å²) in [7, 11) is 0. The zero-order valence-electron chi connectivity index (χ0n) is 14.7. The number of nitrogens with zero attached hydrogens (tertiary/aromatic N) is 1. The SMILES string of the molecule is Cc1ccccc1C(=O)N1CC=C(c2c[nH]c3c(C)cccc23)CC1. The summed E-state index contributed by atoms with van der Waals surface area (Å²) in [5, 5.41) is 1.27. The van der Waals surface area contributed by atoms with Crippen LogP contribution in [0.4, 0.5) is 0 Å². The second-order valence-electron chi connectivity index (χ2n) is 6.75. The molecular weight excluding hydrogens is 308 g/mol. The van der Waals surface area contributed by atoms with Crippen LogP contribution in [0.15, 0.2) is 54.7 Å². The predicted molar refractivity (Wildman–Crippen MR) is 103 cm³/mol. The Morgan fingerprint density at radius 2 is 1.84 bits per heavy atom. The monoisotopic (exact) mass is 330 g/mol. The molecule has 0 unspecified atom stereocenters. The average molecular weight is 330 g/mol. The van der Waals surface area contributed by atoms with Crippen molar-refractivity contribution in [3.63, 3.8) is 0 Å². The molecule has 1 aromatic heterocycles. The van der Waals surface area contributed by atoms with Crippen molar-refractivity contribution in [2.45, 2.75) is 20.3 Å². The Morgan fingerprint density at radius 3 is 2.60 bits per heavy atom. The minimum Gasteiger partial charge on any atom is -0.360 e. The van der Waals surface area contributed by atoms with Gasteiger partial charge < -0.3 is 9.88 Å². The Kier molecular flexibility index (Phi) is 3.92. The van der Waals surface area contributed by atoms with Crippen molar-refractivity contribution in [2.24, 2.45) is 0 Å². The average Bonchev–Trinajstić information content (AvgIpc) is 3.07. The van der Waals surface area contributed by atoms with E-state index in [1.54, 1.807) is 0 Å². The number of amides is 1. The smallest absolute Gasteiger partial charge is 0.254 e. The van der Waals surface area contributed by atoms with Gasteiger partial charge in [0, 0.05) is 41.3 Å². The van der Waals surface area contributed by atoms with Gasteiger partial charge in [-0.25, -0.2) is 0 Å². The predicted octanol–water partition coefficient (Wildman–Crippen LogP) is 4.71. The Labute approximate surface area is 148 Å². The molecule has 0 fully saturated rings. The standard InChI is InChI=1S/C22H22N2O/c1-15-6-3-4-8-18(15)22(25)24-12-10-17(11-13-24)20-14-23-21-16(2)7-5-9-19(20)21/h3-10,14,23H,11-13H2,1-2H3. The van der Waals surface area contributed by atoms with Crippen LogP contribution in [0.3, 0.4) is 0 Å². The number of rotatable bonds is 2. The van der Waals surface area contributed by atoms with Gasteiger partial charge in [0.15, 0.2) is 0 Å². The van der Waals surface area contributed by atoms with Crippen LogP contribution < -0.4 is 0 Å². The maximum atomic E-state index is 12.8. The van der Waals surface area contributed by atoms with Gasteiger partial charge in [-0.3, -0.25) is 4.79 Å². The first kappa shape index (κ1) is 15.7. The molecule has 3 heteroatoms.